The molecule has 1 aromatic heterocycles. The summed E-state index contributed by atoms with van der Waals surface area (Å²) in [5.74, 6) is -0.906. The molecule has 156 valence electrons. The summed E-state index contributed by atoms with van der Waals surface area (Å²) >= 11 is 18.8. The van der Waals surface area contributed by atoms with Crippen molar-refractivity contribution in [3.05, 3.63) is 49.9 Å². The first-order chi connectivity index (χ1) is 14.3. The molecule has 2 aliphatic rings. The lowest BCUT2D eigenvalue weighted by atomic mass is 9.88. The van der Waals surface area contributed by atoms with Crippen LogP contribution in [0.1, 0.15) is 41.5 Å². The summed E-state index contributed by atoms with van der Waals surface area (Å²) in [6, 6.07) is 6.58. The maximum Gasteiger partial charge on any atom is 0.270 e. The van der Waals surface area contributed by atoms with E-state index in [1.807, 2.05) is 0 Å². The monoisotopic (exact) mass is 481 g/mol. The van der Waals surface area contributed by atoms with Crippen LogP contribution in [0.3, 0.4) is 0 Å². The van der Waals surface area contributed by atoms with E-state index in [2.05, 4.69) is 10.3 Å². The number of benzene rings is 1. The van der Waals surface area contributed by atoms with Gasteiger partial charge in [0.15, 0.2) is 5.11 Å². The van der Waals surface area contributed by atoms with Gasteiger partial charge >= 0.3 is 0 Å². The number of hydrogen-bond donors (Lipinski definition) is 2. The second-order valence-electron chi connectivity index (χ2n) is 7.15. The van der Waals surface area contributed by atoms with Crippen LogP contribution in [0, 0.1) is 0 Å². The van der Waals surface area contributed by atoms with E-state index < -0.39 is 11.8 Å². The molecule has 1 aliphatic carbocycles. The fourth-order valence-electron chi connectivity index (χ4n) is 3.53. The third-order valence-corrected chi connectivity index (χ3v) is 7.24. The van der Waals surface area contributed by atoms with Crippen LogP contribution >= 0.6 is 46.8 Å². The first-order valence-electron chi connectivity index (χ1n) is 9.35. The molecule has 0 radical (unpaired) electrons. The molecule has 1 saturated carbocycles. The number of halogens is 2. The van der Waals surface area contributed by atoms with Gasteiger partial charge in [-0.1, -0.05) is 23.2 Å². The molecule has 2 amide bonds. The van der Waals surface area contributed by atoms with Crippen LogP contribution in [0.25, 0.3) is 6.08 Å². The van der Waals surface area contributed by atoms with Crippen molar-refractivity contribution in [2.75, 3.05) is 4.90 Å². The van der Waals surface area contributed by atoms with Gasteiger partial charge in [0, 0.05) is 10.9 Å². The number of amides is 2. The number of rotatable bonds is 3. The zero-order chi connectivity index (χ0) is 21.4. The zero-order valence-electron chi connectivity index (χ0n) is 15.6. The van der Waals surface area contributed by atoms with E-state index in [1.165, 1.54) is 22.3 Å². The highest BCUT2D eigenvalue weighted by Crippen LogP contribution is 2.38. The van der Waals surface area contributed by atoms with Crippen LogP contribution in [-0.4, -0.2) is 33.1 Å². The van der Waals surface area contributed by atoms with E-state index in [0.717, 1.165) is 30.7 Å². The Balaban J connectivity index is 1.63. The second-order valence-corrected chi connectivity index (χ2v) is 9.39. The van der Waals surface area contributed by atoms with Gasteiger partial charge in [0.25, 0.3) is 11.8 Å². The minimum absolute atomic E-state index is 0.00123. The number of hydrogen-bond acceptors (Lipinski definition) is 6. The lowest BCUT2D eigenvalue weighted by molar-refractivity contribution is -0.122. The van der Waals surface area contributed by atoms with E-state index in [9.17, 15) is 14.7 Å². The summed E-state index contributed by atoms with van der Waals surface area (Å²) in [5.41, 5.74) is 0.423. The van der Waals surface area contributed by atoms with Crippen LogP contribution in [0.5, 0.6) is 0 Å². The van der Waals surface area contributed by atoms with Crippen molar-refractivity contribution < 1.29 is 14.7 Å². The Morgan fingerprint density at radius 1 is 1.17 bits per heavy atom. The van der Waals surface area contributed by atoms with Crippen LogP contribution in [0.4, 0.5) is 5.69 Å². The molecule has 0 spiro atoms. The van der Waals surface area contributed by atoms with Crippen molar-refractivity contribution in [1.82, 2.24) is 10.3 Å². The second kappa shape index (κ2) is 8.72. The fraction of sp³-hybridized carbons (Fsp3) is 0.300. The van der Waals surface area contributed by atoms with Crippen molar-refractivity contribution >= 4 is 75.4 Å². The van der Waals surface area contributed by atoms with Gasteiger partial charge in [0.05, 0.1) is 21.7 Å². The molecule has 2 heterocycles. The van der Waals surface area contributed by atoms with Gasteiger partial charge in [-0.05, 0) is 68.2 Å². The quantitative estimate of drug-likeness (QED) is 0.387. The summed E-state index contributed by atoms with van der Waals surface area (Å²) in [7, 11) is 0. The minimum atomic E-state index is -0.581. The van der Waals surface area contributed by atoms with Crippen LogP contribution in [-0.2, 0) is 9.59 Å². The Morgan fingerprint density at radius 3 is 2.50 bits per heavy atom. The van der Waals surface area contributed by atoms with Gasteiger partial charge in [-0.3, -0.25) is 19.8 Å². The highest BCUT2D eigenvalue weighted by Gasteiger charge is 2.35. The van der Waals surface area contributed by atoms with Crippen LogP contribution in [0.2, 0.25) is 10.2 Å². The molecule has 0 unspecified atom stereocenters. The van der Waals surface area contributed by atoms with Gasteiger partial charge in [0.2, 0.25) is 0 Å². The number of nitrogens with one attached hydrogen (secondary N) is 1. The fourth-order valence-corrected chi connectivity index (χ4v) is 5.32. The summed E-state index contributed by atoms with van der Waals surface area (Å²) < 4.78 is 0. The minimum Gasteiger partial charge on any atom is -0.393 e. The Kier molecular flexibility index (Phi) is 6.22. The Bertz CT molecular complexity index is 1040. The number of carbonyl (C=O) groups is 2. The molecule has 1 aromatic carbocycles. The molecule has 0 atom stereocenters. The van der Waals surface area contributed by atoms with Gasteiger partial charge < -0.3 is 5.11 Å². The van der Waals surface area contributed by atoms with Crippen molar-refractivity contribution in [2.24, 2.45) is 0 Å². The molecule has 6 nitrogen and oxygen atoms in total. The highest BCUT2D eigenvalue weighted by atomic mass is 35.5. The number of anilines is 1. The molecular weight excluding hydrogens is 465 g/mol. The number of thiazole rings is 1. The van der Waals surface area contributed by atoms with E-state index in [1.54, 1.807) is 24.3 Å². The van der Waals surface area contributed by atoms with Crippen LogP contribution < -0.4 is 10.2 Å². The number of nitrogens with zero attached hydrogens (tertiary/aromatic N) is 2. The topological polar surface area (TPSA) is 82.5 Å². The van der Waals surface area contributed by atoms with Gasteiger partial charge in [0.1, 0.15) is 10.7 Å². The van der Waals surface area contributed by atoms with Crippen molar-refractivity contribution in [2.45, 2.75) is 37.7 Å². The third-order valence-electron chi connectivity index (χ3n) is 5.13. The van der Waals surface area contributed by atoms with E-state index in [0.29, 0.717) is 15.6 Å². The summed E-state index contributed by atoms with van der Waals surface area (Å²) in [6.07, 6.45) is 4.32. The first kappa shape index (κ1) is 21.4. The smallest absolute Gasteiger partial charge is 0.270 e. The number of aromatic nitrogens is 1. The lowest BCUT2D eigenvalue weighted by Crippen LogP contribution is -2.54. The van der Waals surface area contributed by atoms with Crippen molar-refractivity contribution in [3.8, 4) is 0 Å². The molecule has 1 aliphatic heterocycles. The zero-order valence-corrected chi connectivity index (χ0v) is 18.7. The van der Waals surface area contributed by atoms with E-state index in [-0.39, 0.29) is 27.9 Å². The summed E-state index contributed by atoms with van der Waals surface area (Å²) in [5, 5.41) is 13.9. The van der Waals surface area contributed by atoms with Crippen molar-refractivity contribution in [1.29, 1.82) is 0 Å². The first-order valence-corrected chi connectivity index (χ1v) is 11.3. The van der Waals surface area contributed by atoms with Crippen LogP contribution in [0.15, 0.2) is 29.8 Å². The number of aliphatic hydroxyl groups excluding tert-OH is 1. The molecule has 2 N–H and O–H groups in total. The van der Waals surface area contributed by atoms with E-state index in [4.69, 9.17) is 35.4 Å². The van der Waals surface area contributed by atoms with Gasteiger partial charge in [-0.2, -0.15) is 0 Å². The molecule has 2 fully saturated rings. The van der Waals surface area contributed by atoms with Gasteiger partial charge in [-0.15, -0.1) is 11.3 Å². The third kappa shape index (κ3) is 4.29. The Hall–Kier alpha value is -1.84. The average Bonchev–Trinajstić information content (AvgIpc) is 3.07. The Labute approximate surface area is 192 Å². The molecule has 0 bridgehead atoms. The molecule has 4 rings (SSSR count). The molecule has 1 saturated heterocycles. The summed E-state index contributed by atoms with van der Waals surface area (Å²) in [4.78, 5) is 31.8. The molecule has 10 heteroatoms. The predicted molar refractivity (Wildman–Crippen MR) is 122 cm³/mol. The van der Waals surface area contributed by atoms with Gasteiger partial charge in [-0.25, -0.2) is 4.98 Å². The van der Waals surface area contributed by atoms with E-state index >= 15 is 0 Å². The largest absolute Gasteiger partial charge is 0.393 e. The Morgan fingerprint density at radius 2 is 1.83 bits per heavy atom. The maximum absolute atomic E-state index is 13.1. The number of aliphatic hydroxyl groups is 1. The molecular formula is C20H17Cl2N3O3S2. The van der Waals surface area contributed by atoms with Crippen molar-refractivity contribution in [3.63, 3.8) is 0 Å². The SMILES string of the molecule is O=C1NC(=S)N(c2ccc(Cl)cc2)C(=O)/C1=C/c1sc(C2CCC(O)CC2)nc1Cl. The molecule has 30 heavy (non-hydrogen) atoms. The average molecular weight is 482 g/mol. The normalized spacial score (nSPS) is 23.8. The number of carbonyl (C=O) groups excluding carboxylic acids is 2. The predicted octanol–water partition coefficient (Wildman–Crippen LogP) is 4.30. The maximum atomic E-state index is 13.1. The lowest BCUT2D eigenvalue weighted by Gasteiger charge is -2.28. The highest BCUT2D eigenvalue weighted by molar-refractivity contribution is 7.80. The standard InChI is InChI=1S/C20H17Cl2N3O3S2/c21-11-3-5-12(6-4-11)25-19(28)14(17(27)24-20(25)29)9-15-16(22)23-18(30-15)10-1-7-13(26)8-2-10/h3-6,9-10,13,26H,1-2,7-8H2,(H,24,27,29)/b14-9+. The summed E-state index contributed by atoms with van der Waals surface area (Å²) in [6.45, 7) is 0. The molecule has 2 aromatic rings. The number of thiocarbonyl (C=S) groups is 1.